The maximum atomic E-state index is 8.71. The van der Waals surface area contributed by atoms with Crippen LogP contribution in [-0.2, 0) is 6.54 Å². The molecule has 16 heavy (non-hydrogen) atoms. The van der Waals surface area contributed by atoms with Gasteiger partial charge in [0.05, 0.1) is 11.6 Å². The third-order valence-corrected chi connectivity index (χ3v) is 3.77. The van der Waals surface area contributed by atoms with Gasteiger partial charge in [-0.2, -0.15) is 5.26 Å². The lowest BCUT2D eigenvalue weighted by Crippen LogP contribution is -2.41. The molecule has 1 aliphatic heterocycles. The molecule has 1 aliphatic rings. The monoisotopic (exact) mass is 327 g/mol. The Kier molecular flexibility index (Phi) is 4.16. The standard InChI is InChI=1S/C12H14IN3/c13-16-7-5-15(6-8-16)10-12-3-1-11(9-14)2-4-12/h1-4H,5-8,10H2. The van der Waals surface area contributed by atoms with Crippen molar-refractivity contribution in [2.45, 2.75) is 6.54 Å². The molecule has 1 aromatic carbocycles. The van der Waals surface area contributed by atoms with Gasteiger partial charge in [-0.15, -0.1) is 0 Å². The number of halogens is 1. The lowest BCUT2D eigenvalue weighted by Gasteiger charge is -2.31. The number of hydrogen-bond acceptors (Lipinski definition) is 3. The van der Waals surface area contributed by atoms with Gasteiger partial charge in [0.15, 0.2) is 0 Å². The van der Waals surface area contributed by atoms with Gasteiger partial charge in [0.25, 0.3) is 0 Å². The Morgan fingerprint density at radius 3 is 2.31 bits per heavy atom. The zero-order valence-corrected chi connectivity index (χ0v) is 11.2. The highest BCUT2D eigenvalue weighted by Gasteiger charge is 2.14. The second-order valence-corrected chi connectivity index (χ2v) is 5.36. The fourth-order valence-electron chi connectivity index (χ4n) is 1.82. The van der Waals surface area contributed by atoms with Crippen LogP contribution in [0.3, 0.4) is 0 Å². The van der Waals surface area contributed by atoms with Gasteiger partial charge in [0.2, 0.25) is 0 Å². The van der Waals surface area contributed by atoms with Gasteiger partial charge in [-0.1, -0.05) is 12.1 Å². The SMILES string of the molecule is N#Cc1ccc(CN2CCN(I)CC2)cc1. The molecule has 1 aromatic rings. The lowest BCUT2D eigenvalue weighted by atomic mass is 10.1. The molecule has 0 radical (unpaired) electrons. The van der Waals surface area contributed by atoms with Crippen molar-refractivity contribution in [3.05, 3.63) is 35.4 Å². The van der Waals surface area contributed by atoms with Crippen LogP contribution < -0.4 is 0 Å². The van der Waals surface area contributed by atoms with E-state index in [0.717, 1.165) is 38.3 Å². The lowest BCUT2D eigenvalue weighted by molar-refractivity contribution is 0.198. The Morgan fingerprint density at radius 2 is 1.75 bits per heavy atom. The van der Waals surface area contributed by atoms with E-state index in [1.54, 1.807) is 0 Å². The summed E-state index contributed by atoms with van der Waals surface area (Å²) >= 11 is 2.38. The molecule has 0 saturated carbocycles. The number of hydrogen-bond donors (Lipinski definition) is 0. The fourth-order valence-corrected chi connectivity index (χ4v) is 2.26. The van der Waals surface area contributed by atoms with Crippen molar-refractivity contribution in [2.24, 2.45) is 0 Å². The molecule has 0 unspecified atom stereocenters. The molecule has 0 atom stereocenters. The van der Waals surface area contributed by atoms with E-state index in [1.807, 2.05) is 12.1 Å². The van der Waals surface area contributed by atoms with E-state index in [-0.39, 0.29) is 0 Å². The predicted octanol–water partition coefficient (Wildman–Crippen LogP) is 2.03. The maximum Gasteiger partial charge on any atom is 0.0991 e. The zero-order valence-electron chi connectivity index (χ0n) is 9.06. The predicted molar refractivity (Wildman–Crippen MR) is 72.0 cm³/mol. The van der Waals surface area contributed by atoms with Crippen molar-refractivity contribution in [1.82, 2.24) is 8.01 Å². The van der Waals surface area contributed by atoms with Gasteiger partial charge in [-0.3, -0.25) is 4.90 Å². The molecule has 0 aromatic heterocycles. The number of nitriles is 1. The molecule has 4 heteroatoms. The van der Waals surface area contributed by atoms with Crippen LogP contribution in [0.2, 0.25) is 0 Å². The molecule has 2 rings (SSSR count). The molecular weight excluding hydrogens is 313 g/mol. The van der Waals surface area contributed by atoms with E-state index in [1.165, 1.54) is 5.56 Å². The summed E-state index contributed by atoms with van der Waals surface area (Å²) in [6.45, 7) is 5.52. The summed E-state index contributed by atoms with van der Waals surface area (Å²) in [5.74, 6) is 0. The van der Waals surface area contributed by atoms with Gasteiger partial charge in [0, 0.05) is 55.6 Å². The van der Waals surface area contributed by atoms with Crippen molar-refractivity contribution in [1.29, 1.82) is 5.26 Å². The minimum Gasteiger partial charge on any atom is -0.296 e. The minimum atomic E-state index is 0.737. The molecule has 0 aliphatic carbocycles. The molecule has 1 fully saturated rings. The van der Waals surface area contributed by atoms with Crippen molar-refractivity contribution < 1.29 is 0 Å². The molecule has 3 nitrogen and oxygen atoms in total. The molecule has 0 bridgehead atoms. The van der Waals surface area contributed by atoms with Crippen LogP contribution in [-0.4, -0.2) is 34.2 Å². The molecule has 84 valence electrons. The van der Waals surface area contributed by atoms with E-state index in [2.05, 4.69) is 49.1 Å². The second-order valence-electron chi connectivity index (χ2n) is 3.99. The highest BCUT2D eigenvalue weighted by Crippen LogP contribution is 2.11. The Hall–Kier alpha value is -0.640. The highest BCUT2D eigenvalue weighted by atomic mass is 127. The maximum absolute atomic E-state index is 8.71. The summed E-state index contributed by atoms with van der Waals surface area (Å²) in [5.41, 5.74) is 2.03. The normalized spacial score (nSPS) is 18.2. The molecule has 0 spiro atoms. The van der Waals surface area contributed by atoms with Crippen LogP contribution in [0, 0.1) is 11.3 Å². The number of piperazine rings is 1. The van der Waals surface area contributed by atoms with Crippen LogP contribution in [0.25, 0.3) is 0 Å². The quantitative estimate of drug-likeness (QED) is 0.615. The first-order valence-electron chi connectivity index (χ1n) is 5.40. The second kappa shape index (κ2) is 5.62. The Balaban J connectivity index is 1.91. The summed E-state index contributed by atoms with van der Waals surface area (Å²) in [4.78, 5) is 2.45. The van der Waals surface area contributed by atoms with Gasteiger partial charge < -0.3 is 0 Å². The summed E-state index contributed by atoms with van der Waals surface area (Å²) in [6.07, 6.45) is 0. The third-order valence-electron chi connectivity index (χ3n) is 2.81. The van der Waals surface area contributed by atoms with Crippen LogP contribution in [0.15, 0.2) is 24.3 Å². The average Bonchev–Trinajstić information content (AvgIpc) is 2.33. The van der Waals surface area contributed by atoms with Crippen molar-refractivity contribution in [3.8, 4) is 6.07 Å². The Labute approximate surface area is 110 Å². The van der Waals surface area contributed by atoms with Gasteiger partial charge in [0.1, 0.15) is 0 Å². The molecule has 1 heterocycles. The number of benzene rings is 1. The minimum absolute atomic E-state index is 0.737. The van der Waals surface area contributed by atoms with Crippen molar-refractivity contribution >= 4 is 22.9 Å². The summed E-state index contributed by atoms with van der Waals surface area (Å²) in [7, 11) is 0. The van der Waals surface area contributed by atoms with E-state index < -0.39 is 0 Å². The van der Waals surface area contributed by atoms with Gasteiger partial charge in [-0.05, 0) is 17.7 Å². The smallest absolute Gasteiger partial charge is 0.0991 e. The number of nitrogens with zero attached hydrogens (tertiary/aromatic N) is 3. The Morgan fingerprint density at radius 1 is 1.12 bits per heavy atom. The highest BCUT2D eigenvalue weighted by molar-refractivity contribution is 14.1. The topological polar surface area (TPSA) is 30.3 Å². The Bertz CT molecular complexity index is 374. The van der Waals surface area contributed by atoms with E-state index in [9.17, 15) is 0 Å². The van der Waals surface area contributed by atoms with Crippen LogP contribution in [0.4, 0.5) is 0 Å². The molecule has 1 saturated heterocycles. The summed E-state index contributed by atoms with van der Waals surface area (Å²) in [5, 5.41) is 8.71. The first kappa shape index (κ1) is 11.8. The first-order chi connectivity index (χ1) is 7.78. The van der Waals surface area contributed by atoms with E-state index >= 15 is 0 Å². The van der Waals surface area contributed by atoms with Crippen molar-refractivity contribution in [2.75, 3.05) is 26.2 Å². The summed E-state index contributed by atoms with van der Waals surface area (Å²) < 4.78 is 2.33. The van der Waals surface area contributed by atoms with Gasteiger partial charge in [-0.25, -0.2) is 3.11 Å². The zero-order chi connectivity index (χ0) is 11.4. The first-order valence-corrected chi connectivity index (χ1v) is 6.36. The summed E-state index contributed by atoms with van der Waals surface area (Å²) in [6, 6.07) is 10.0. The fraction of sp³-hybridized carbons (Fsp3) is 0.417. The number of rotatable bonds is 2. The van der Waals surface area contributed by atoms with E-state index in [4.69, 9.17) is 5.26 Å². The average molecular weight is 327 g/mol. The molecule has 0 amide bonds. The van der Waals surface area contributed by atoms with Crippen LogP contribution >= 0.6 is 22.9 Å². The van der Waals surface area contributed by atoms with Crippen molar-refractivity contribution in [3.63, 3.8) is 0 Å². The molecule has 0 N–H and O–H groups in total. The van der Waals surface area contributed by atoms with Gasteiger partial charge >= 0.3 is 0 Å². The molecular formula is C12H14IN3. The largest absolute Gasteiger partial charge is 0.296 e. The van der Waals surface area contributed by atoms with Crippen LogP contribution in [0.5, 0.6) is 0 Å². The van der Waals surface area contributed by atoms with E-state index in [0.29, 0.717) is 0 Å². The third kappa shape index (κ3) is 3.17. The van der Waals surface area contributed by atoms with Crippen LogP contribution in [0.1, 0.15) is 11.1 Å².